The van der Waals surface area contributed by atoms with Crippen molar-refractivity contribution in [2.75, 3.05) is 13.2 Å². The van der Waals surface area contributed by atoms with E-state index in [-0.39, 0.29) is 6.10 Å². The molecule has 122 valence electrons. The van der Waals surface area contributed by atoms with E-state index in [9.17, 15) is 0 Å². The fraction of sp³-hybridized carbons (Fsp3) is 0.421. The van der Waals surface area contributed by atoms with Crippen molar-refractivity contribution in [3.63, 3.8) is 0 Å². The number of rotatable bonds is 5. The van der Waals surface area contributed by atoms with Gasteiger partial charge in [-0.2, -0.15) is 5.10 Å². The highest BCUT2D eigenvalue weighted by Gasteiger charge is 2.32. The van der Waals surface area contributed by atoms with Gasteiger partial charge in [0.25, 0.3) is 0 Å². The molecule has 0 amide bonds. The molecule has 2 atom stereocenters. The molecule has 2 aromatic rings. The van der Waals surface area contributed by atoms with Crippen LogP contribution in [0.2, 0.25) is 0 Å². The molecule has 1 aromatic heterocycles. The lowest BCUT2D eigenvalue weighted by Gasteiger charge is -2.20. The fourth-order valence-corrected chi connectivity index (χ4v) is 3.26. The molecule has 1 N–H and O–H groups in total. The van der Waals surface area contributed by atoms with Crippen LogP contribution < -0.4 is 5.32 Å². The molecule has 1 fully saturated rings. The molecule has 1 aromatic carbocycles. The molecule has 1 aliphatic heterocycles. The average molecular weight is 311 g/mol. The Kier molecular flexibility index (Phi) is 4.94. The highest BCUT2D eigenvalue weighted by molar-refractivity contribution is 5.48. The first-order valence-electron chi connectivity index (χ1n) is 8.23. The molecule has 0 bridgehead atoms. The van der Waals surface area contributed by atoms with E-state index in [2.05, 4.69) is 60.7 Å². The van der Waals surface area contributed by atoms with Crippen molar-refractivity contribution in [2.45, 2.75) is 32.4 Å². The molecule has 0 spiro atoms. The van der Waals surface area contributed by atoms with Crippen LogP contribution in [0.4, 0.5) is 0 Å². The number of nitrogens with one attached hydrogen (secondary N) is 1. The predicted octanol–water partition coefficient (Wildman–Crippen LogP) is 3.17. The number of ether oxygens (including phenoxy) is 1. The molecule has 0 radical (unpaired) electrons. The van der Waals surface area contributed by atoms with E-state index in [0.717, 1.165) is 25.3 Å². The van der Waals surface area contributed by atoms with Crippen molar-refractivity contribution in [3.05, 3.63) is 58.9 Å². The maximum Gasteiger partial charge on any atom is 0.101 e. The van der Waals surface area contributed by atoms with Crippen molar-refractivity contribution in [2.24, 2.45) is 7.05 Å². The minimum Gasteiger partial charge on any atom is -0.372 e. The molecule has 2 heterocycles. The van der Waals surface area contributed by atoms with E-state index in [1.54, 1.807) is 0 Å². The van der Waals surface area contributed by atoms with Gasteiger partial charge in [-0.15, -0.1) is 0 Å². The van der Waals surface area contributed by atoms with Crippen LogP contribution in [0.25, 0.3) is 6.08 Å². The van der Waals surface area contributed by atoms with Crippen molar-refractivity contribution in [1.29, 1.82) is 0 Å². The fourth-order valence-electron chi connectivity index (χ4n) is 3.26. The number of benzene rings is 1. The van der Waals surface area contributed by atoms with Crippen LogP contribution in [0.3, 0.4) is 0 Å². The summed E-state index contributed by atoms with van der Waals surface area (Å²) in [6, 6.07) is 10.7. The van der Waals surface area contributed by atoms with Gasteiger partial charge in [0.2, 0.25) is 0 Å². The summed E-state index contributed by atoms with van der Waals surface area (Å²) in [4.78, 5) is 0. The van der Waals surface area contributed by atoms with Gasteiger partial charge in [0.05, 0.1) is 5.69 Å². The van der Waals surface area contributed by atoms with Gasteiger partial charge in [0.1, 0.15) is 6.10 Å². The molecule has 0 saturated carbocycles. The minimum absolute atomic E-state index is 0.105. The number of nitrogens with zero attached hydrogens (tertiary/aromatic N) is 2. The molecule has 1 saturated heterocycles. The normalized spacial score (nSPS) is 21.3. The Morgan fingerprint density at radius 2 is 2.09 bits per heavy atom. The smallest absolute Gasteiger partial charge is 0.101 e. The van der Waals surface area contributed by atoms with Gasteiger partial charge < -0.3 is 10.1 Å². The Hall–Kier alpha value is -1.91. The van der Waals surface area contributed by atoms with E-state index in [1.807, 2.05) is 17.8 Å². The van der Waals surface area contributed by atoms with Gasteiger partial charge in [0.15, 0.2) is 0 Å². The number of aryl methyl sites for hydroxylation is 2. The molecule has 0 unspecified atom stereocenters. The Morgan fingerprint density at radius 1 is 1.30 bits per heavy atom. The lowest BCUT2D eigenvalue weighted by Crippen LogP contribution is -2.32. The predicted molar refractivity (Wildman–Crippen MR) is 93.3 cm³/mol. The largest absolute Gasteiger partial charge is 0.372 e. The number of hydrogen-bond donors (Lipinski definition) is 1. The summed E-state index contributed by atoms with van der Waals surface area (Å²) in [6.07, 6.45) is 5.47. The molecule has 0 aliphatic carbocycles. The van der Waals surface area contributed by atoms with Crippen LogP contribution in [0, 0.1) is 13.8 Å². The minimum atomic E-state index is 0.105. The van der Waals surface area contributed by atoms with Crippen LogP contribution in [-0.4, -0.2) is 29.0 Å². The second-order valence-corrected chi connectivity index (χ2v) is 6.12. The highest BCUT2D eigenvalue weighted by atomic mass is 16.5. The summed E-state index contributed by atoms with van der Waals surface area (Å²) < 4.78 is 7.95. The van der Waals surface area contributed by atoms with Crippen LogP contribution in [0.15, 0.2) is 36.4 Å². The Bertz CT molecular complexity index is 675. The molecule has 4 nitrogen and oxygen atoms in total. The van der Waals surface area contributed by atoms with E-state index in [4.69, 9.17) is 4.74 Å². The van der Waals surface area contributed by atoms with Gasteiger partial charge >= 0.3 is 0 Å². The summed E-state index contributed by atoms with van der Waals surface area (Å²) in [7, 11) is 1.99. The molecular formula is C19H25N3O. The number of aromatic nitrogens is 2. The van der Waals surface area contributed by atoms with Gasteiger partial charge in [0, 0.05) is 37.5 Å². The van der Waals surface area contributed by atoms with Crippen LogP contribution in [0.1, 0.15) is 35.0 Å². The molecule has 4 heteroatoms. The Morgan fingerprint density at radius 3 is 2.78 bits per heavy atom. The maximum absolute atomic E-state index is 6.00. The van der Waals surface area contributed by atoms with E-state index in [1.165, 1.54) is 16.8 Å². The zero-order chi connectivity index (χ0) is 16.2. The standard InChI is InChI=1S/C19H25N3O/c1-14-18(15(2)22(3)21-14)19-17(11-13-23-19)20-12-7-10-16-8-5-4-6-9-16/h4-10,17,19-20H,11-13H2,1-3H3/b10-7+/t17-,19-/m0/s1. The average Bonchev–Trinajstić information content (AvgIpc) is 3.09. The summed E-state index contributed by atoms with van der Waals surface area (Å²) in [5, 5.41) is 8.14. The first kappa shape index (κ1) is 16.0. The molecular weight excluding hydrogens is 286 g/mol. The van der Waals surface area contributed by atoms with Gasteiger partial charge in [-0.25, -0.2) is 0 Å². The molecule has 3 rings (SSSR count). The Balaban J connectivity index is 1.62. The third kappa shape index (κ3) is 3.54. The van der Waals surface area contributed by atoms with Crippen LogP contribution in [0.5, 0.6) is 0 Å². The first-order valence-corrected chi connectivity index (χ1v) is 8.23. The lowest BCUT2D eigenvalue weighted by molar-refractivity contribution is 0.0984. The SMILES string of the molecule is Cc1nn(C)c(C)c1[C@H]1OCC[C@@H]1NC/C=C/c1ccccc1. The number of hydrogen-bond acceptors (Lipinski definition) is 3. The van der Waals surface area contributed by atoms with E-state index >= 15 is 0 Å². The Labute approximate surface area is 138 Å². The van der Waals surface area contributed by atoms with Gasteiger partial charge in [-0.05, 0) is 25.8 Å². The summed E-state index contributed by atoms with van der Waals surface area (Å²) in [5.74, 6) is 0. The molecule has 23 heavy (non-hydrogen) atoms. The maximum atomic E-state index is 6.00. The van der Waals surface area contributed by atoms with Crippen LogP contribution in [-0.2, 0) is 11.8 Å². The lowest BCUT2D eigenvalue weighted by atomic mass is 10.0. The summed E-state index contributed by atoms with van der Waals surface area (Å²) in [6.45, 7) is 5.83. The first-order chi connectivity index (χ1) is 11.2. The van der Waals surface area contributed by atoms with Crippen molar-refractivity contribution < 1.29 is 4.74 Å². The third-order valence-electron chi connectivity index (χ3n) is 4.55. The second kappa shape index (κ2) is 7.11. The molecule has 1 aliphatic rings. The van der Waals surface area contributed by atoms with Gasteiger partial charge in [-0.1, -0.05) is 42.5 Å². The second-order valence-electron chi connectivity index (χ2n) is 6.12. The quantitative estimate of drug-likeness (QED) is 0.922. The van der Waals surface area contributed by atoms with E-state index < -0.39 is 0 Å². The summed E-state index contributed by atoms with van der Waals surface area (Å²) >= 11 is 0. The van der Waals surface area contributed by atoms with Crippen LogP contribution >= 0.6 is 0 Å². The van der Waals surface area contributed by atoms with Crippen molar-refractivity contribution >= 4 is 6.08 Å². The monoisotopic (exact) mass is 311 g/mol. The summed E-state index contributed by atoms with van der Waals surface area (Å²) in [5.41, 5.74) is 4.74. The topological polar surface area (TPSA) is 39.1 Å². The van der Waals surface area contributed by atoms with E-state index in [0.29, 0.717) is 6.04 Å². The zero-order valence-corrected chi connectivity index (χ0v) is 14.1. The third-order valence-corrected chi connectivity index (χ3v) is 4.55. The van der Waals surface area contributed by atoms with Gasteiger partial charge in [-0.3, -0.25) is 4.68 Å². The van der Waals surface area contributed by atoms with Crippen molar-refractivity contribution in [1.82, 2.24) is 15.1 Å². The highest BCUT2D eigenvalue weighted by Crippen LogP contribution is 2.33. The zero-order valence-electron chi connectivity index (χ0n) is 14.1. The van der Waals surface area contributed by atoms with Crippen molar-refractivity contribution in [3.8, 4) is 0 Å².